The van der Waals surface area contributed by atoms with Crippen molar-refractivity contribution < 1.29 is 24.1 Å². The van der Waals surface area contributed by atoms with Crippen LogP contribution in [0.1, 0.15) is 29.0 Å². The molecule has 2 N–H and O–H groups in total. The summed E-state index contributed by atoms with van der Waals surface area (Å²) >= 11 is 0. The van der Waals surface area contributed by atoms with Gasteiger partial charge in [-0.2, -0.15) is 0 Å². The van der Waals surface area contributed by atoms with Crippen LogP contribution in [-0.4, -0.2) is 24.4 Å². The van der Waals surface area contributed by atoms with E-state index in [1.807, 2.05) is 84.9 Å². The fourth-order valence-corrected chi connectivity index (χ4v) is 3.65. The van der Waals surface area contributed by atoms with Crippen molar-refractivity contribution in [1.29, 1.82) is 0 Å². The van der Waals surface area contributed by atoms with Crippen LogP contribution in [0, 0.1) is 0 Å². The van der Waals surface area contributed by atoms with Crippen molar-refractivity contribution in [2.24, 2.45) is 0 Å². The van der Waals surface area contributed by atoms with Crippen LogP contribution in [0.5, 0.6) is 5.75 Å². The van der Waals surface area contributed by atoms with Gasteiger partial charge in [-0.25, -0.2) is 0 Å². The predicted octanol–water partition coefficient (Wildman–Crippen LogP) is 4.76. The van der Waals surface area contributed by atoms with Gasteiger partial charge < -0.3 is 24.6 Å². The Balaban J connectivity index is 1.51. The maximum Gasteiger partial charge on any atom is 0.290 e. The Morgan fingerprint density at radius 1 is 1.00 bits per heavy atom. The quantitative estimate of drug-likeness (QED) is 0.523. The van der Waals surface area contributed by atoms with Crippen molar-refractivity contribution in [3.05, 3.63) is 107 Å². The standard InChI is InChI=1S/C27H27NO5/c1-31-24-13-11-21(12-14-24)22-15-25(27(30)28-23-5-3-2-4-6-23)33-26(16-22)32-18-20-9-7-19(17-29)8-10-20/h2-15,22,26,29H,16-18H2,1H3,(H,28,30)/t22-,26+/m0/s1. The summed E-state index contributed by atoms with van der Waals surface area (Å²) in [6, 6.07) is 24.6. The summed E-state index contributed by atoms with van der Waals surface area (Å²) in [5.74, 6) is 0.630. The van der Waals surface area contributed by atoms with Crippen LogP contribution in [0.2, 0.25) is 0 Å². The lowest BCUT2D eigenvalue weighted by Crippen LogP contribution is -2.29. The van der Waals surface area contributed by atoms with Crippen LogP contribution in [0.3, 0.4) is 0 Å². The molecule has 0 bridgehead atoms. The van der Waals surface area contributed by atoms with Crippen molar-refractivity contribution in [1.82, 2.24) is 0 Å². The van der Waals surface area contributed by atoms with E-state index in [-0.39, 0.29) is 24.2 Å². The molecule has 6 nitrogen and oxygen atoms in total. The van der Waals surface area contributed by atoms with Gasteiger partial charge in [-0.05, 0) is 47.0 Å². The molecule has 0 radical (unpaired) electrons. The van der Waals surface area contributed by atoms with Crippen molar-refractivity contribution in [2.75, 3.05) is 12.4 Å². The Morgan fingerprint density at radius 3 is 2.36 bits per heavy atom. The van der Waals surface area contributed by atoms with Crippen molar-refractivity contribution in [2.45, 2.75) is 31.8 Å². The minimum atomic E-state index is -0.587. The number of benzene rings is 3. The van der Waals surface area contributed by atoms with E-state index in [1.54, 1.807) is 7.11 Å². The minimum Gasteiger partial charge on any atom is -0.497 e. The van der Waals surface area contributed by atoms with Crippen LogP contribution in [0.15, 0.2) is 90.7 Å². The molecule has 0 saturated carbocycles. The number of hydrogen-bond acceptors (Lipinski definition) is 5. The van der Waals surface area contributed by atoms with Crippen molar-refractivity contribution >= 4 is 11.6 Å². The first-order chi connectivity index (χ1) is 16.1. The molecule has 0 aliphatic carbocycles. The molecule has 4 rings (SSSR count). The smallest absolute Gasteiger partial charge is 0.290 e. The average molecular weight is 446 g/mol. The Bertz CT molecular complexity index is 1080. The van der Waals surface area contributed by atoms with Gasteiger partial charge in [-0.15, -0.1) is 0 Å². The lowest BCUT2D eigenvalue weighted by molar-refractivity contribution is -0.147. The number of allylic oxidation sites excluding steroid dienone is 1. The number of rotatable bonds is 8. The average Bonchev–Trinajstić information content (AvgIpc) is 2.88. The molecule has 3 aromatic carbocycles. The zero-order chi connectivity index (χ0) is 23.0. The molecule has 170 valence electrons. The highest BCUT2D eigenvalue weighted by atomic mass is 16.7. The number of nitrogens with one attached hydrogen (secondary N) is 1. The molecule has 0 aromatic heterocycles. The minimum absolute atomic E-state index is 0.00109. The van der Waals surface area contributed by atoms with Gasteiger partial charge >= 0.3 is 0 Å². The molecule has 0 saturated heterocycles. The van der Waals surface area contributed by atoms with Crippen LogP contribution in [0.25, 0.3) is 0 Å². The fourth-order valence-electron chi connectivity index (χ4n) is 3.65. The molecule has 0 spiro atoms. The summed E-state index contributed by atoms with van der Waals surface area (Å²) in [7, 11) is 1.63. The number of methoxy groups -OCH3 is 1. The van der Waals surface area contributed by atoms with Gasteiger partial charge in [0.2, 0.25) is 6.29 Å². The van der Waals surface area contributed by atoms with Gasteiger partial charge in [0.25, 0.3) is 5.91 Å². The second kappa shape index (κ2) is 10.8. The number of anilines is 1. The summed E-state index contributed by atoms with van der Waals surface area (Å²) in [6.45, 7) is 0.334. The molecule has 33 heavy (non-hydrogen) atoms. The molecule has 1 aliphatic rings. The van der Waals surface area contributed by atoms with E-state index in [9.17, 15) is 9.90 Å². The van der Waals surface area contributed by atoms with Crippen LogP contribution in [-0.2, 0) is 27.5 Å². The van der Waals surface area contributed by atoms with Crippen molar-refractivity contribution in [3.63, 3.8) is 0 Å². The number of para-hydroxylation sites is 1. The molecule has 0 fully saturated rings. The number of carbonyl (C=O) groups is 1. The first-order valence-electron chi connectivity index (χ1n) is 10.8. The topological polar surface area (TPSA) is 77.0 Å². The molecule has 2 atom stereocenters. The number of carbonyl (C=O) groups excluding carboxylic acids is 1. The monoisotopic (exact) mass is 445 g/mol. The van der Waals surface area contributed by atoms with Gasteiger partial charge in [0, 0.05) is 18.0 Å². The van der Waals surface area contributed by atoms with Gasteiger partial charge in [0.05, 0.1) is 20.3 Å². The normalized spacial score (nSPS) is 17.6. The fraction of sp³-hybridized carbons (Fsp3) is 0.222. The number of aliphatic hydroxyl groups excluding tert-OH is 1. The van der Waals surface area contributed by atoms with Gasteiger partial charge in [0.1, 0.15) is 5.75 Å². The maximum absolute atomic E-state index is 12.9. The number of hydrogen-bond donors (Lipinski definition) is 2. The highest BCUT2D eigenvalue weighted by molar-refractivity contribution is 6.02. The molecule has 0 unspecified atom stereocenters. The Morgan fingerprint density at radius 2 is 1.70 bits per heavy atom. The van der Waals surface area contributed by atoms with E-state index >= 15 is 0 Å². The van der Waals surface area contributed by atoms with Gasteiger partial charge in [0.15, 0.2) is 5.76 Å². The summed E-state index contributed by atoms with van der Waals surface area (Å²) in [5.41, 5.74) is 3.54. The lowest BCUT2D eigenvalue weighted by Gasteiger charge is -2.29. The Hall–Kier alpha value is -3.61. The second-order valence-corrected chi connectivity index (χ2v) is 7.80. The number of amides is 1. The SMILES string of the molecule is COc1ccc([C@H]2C=C(C(=O)Nc3ccccc3)O[C@@H](OCc3ccc(CO)cc3)C2)cc1. The third kappa shape index (κ3) is 6.00. The first-order valence-corrected chi connectivity index (χ1v) is 10.8. The molecular formula is C27H27NO5. The van der Waals surface area contributed by atoms with E-state index in [2.05, 4.69) is 5.32 Å². The predicted molar refractivity (Wildman–Crippen MR) is 126 cm³/mol. The molecular weight excluding hydrogens is 418 g/mol. The number of aliphatic hydroxyl groups is 1. The summed E-state index contributed by atoms with van der Waals surface area (Å²) < 4.78 is 17.2. The van der Waals surface area contributed by atoms with Crippen molar-refractivity contribution in [3.8, 4) is 5.75 Å². The summed E-state index contributed by atoms with van der Waals surface area (Å²) in [5, 5.41) is 12.1. The molecule has 1 aliphatic heterocycles. The van der Waals surface area contributed by atoms with Crippen LogP contribution in [0.4, 0.5) is 5.69 Å². The zero-order valence-corrected chi connectivity index (χ0v) is 18.4. The summed E-state index contributed by atoms with van der Waals surface area (Å²) in [4.78, 5) is 12.9. The van der Waals surface area contributed by atoms with Crippen LogP contribution >= 0.6 is 0 Å². The molecule has 1 amide bonds. The van der Waals surface area contributed by atoms with Gasteiger partial charge in [-0.3, -0.25) is 4.79 Å². The molecule has 3 aromatic rings. The zero-order valence-electron chi connectivity index (χ0n) is 18.4. The van der Waals surface area contributed by atoms with E-state index < -0.39 is 6.29 Å². The van der Waals surface area contributed by atoms with Crippen LogP contribution < -0.4 is 10.1 Å². The van der Waals surface area contributed by atoms with E-state index in [0.29, 0.717) is 18.7 Å². The van der Waals surface area contributed by atoms with E-state index in [1.165, 1.54) is 0 Å². The van der Waals surface area contributed by atoms with Gasteiger partial charge in [-0.1, -0.05) is 54.6 Å². The Labute approximate surface area is 193 Å². The largest absolute Gasteiger partial charge is 0.497 e. The first kappa shape index (κ1) is 22.6. The van der Waals surface area contributed by atoms with E-state index in [0.717, 1.165) is 22.4 Å². The molecule has 1 heterocycles. The van der Waals surface area contributed by atoms with E-state index in [4.69, 9.17) is 14.2 Å². The Kier molecular flexibility index (Phi) is 7.40. The third-order valence-corrected chi connectivity index (χ3v) is 5.50. The highest BCUT2D eigenvalue weighted by Crippen LogP contribution is 2.33. The number of ether oxygens (including phenoxy) is 3. The summed E-state index contributed by atoms with van der Waals surface area (Å²) in [6.07, 6.45) is 1.83. The lowest BCUT2D eigenvalue weighted by atomic mass is 9.93. The maximum atomic E-state index is 12.9. The third-order valence-electron chi connectivity index (χ3n) is 5.50. The molecule has 6 heteroatoms. The second-order valence-electron chi connectivity index (χ2n) is 7.80. The highest BCUT2D eigenvalue weighted by Gasteiger charge is 2.29.